The summed E-state index contributed by atoms with van der Waals surface area (Å²) in [7, 11) is 0. The van der Waals surface area contributed by atoms with E-state index in [2.05, 4.69) is 25.1 Å². The third kappa shape index (κ3) is 2.53. The monoisotopic (exact) mass is 216 g/mol. The second kappa shape index (κ2) is 4.84. The molecule has 1 aliphatic carbocycles. The lowest BCUT2D eigenvalue weighted by molar-refractivity contribution is 0.0784. The van der Waals surface area contributed by atoms with E-state index in [0.29, 0.717) is 0 Å². The number of fused-ring (bicyclic) bond motifs is 1. The molecule has 0 amide bonds. The number of hydrogen-bond donors (Lipinski definition) is 1. The lowest BCUT2D eigenvalue weighted by Crippen LogP contribution is -2.31. The molecule has 0 aliphatic heterocycles. The molecule has 0 spiro atoms. The van der Waals surface area contributed by atoms with E-state index in [0.717, 1.165) is 19.3 Å². The van der Waals surface area contributed by atoms with Crippen molar-refractivity contribution in [3.8, 4) is 0 Å². The molecule has 86 valence electrons. The van der Waals surface area contributed by atoms with Crippen molar-refractivity contribution < 1.29 is 5.11 Å². The lowest BCUT2D eigenvalue weighted by atomic mass is 9.83. The molecule has 1 N–H and O–H groups in total. The summed E-state index contributed by atoms with van der Waals surface area (Å²) in [6.07, 6.45) is 9.21. The van der Waals surface area contributed by atoms with Crippen LogP contribution in [0.5, 0.6) is 0 Å². The zero-order valence-corrected chi connectivity index (χ0v) is 9.95. The van der Waals surface area contributed by atoms with E-state index in [1.165, 1.54) is 24.0 Å². The van der Waals surface area contributed by atoms with Crippen molar-refractivity contribution in [1.82, 2.24) is 0 Å². The Labute approximate surface area is 97.8 Å². The molecule has 1 heteroatoms. The summed E-state index contributed by atoms with van der Waals surface area (Å²) in [6, 6.07) is 8.32. The molecule has 1 unspecified atom stereocenters. The molecule has 0 saturated heterocycles. The highest BCUT2D eigenvalue weighted by Crippen LogP contribution is 2.29. The summed E-state index contributed by atoms with van der Waals surface area (Å²) in [6.45, 7) is 2.19. The van der Waals surface area contributed by atoms with Gasteiger partial charge < -0.3 is 5.11 Å². The number of unbranched alkanes of at least 4 members (excludes halogenated alkanes) is 2. The molecule has 0 bridgehead atoms. The number of hydrogen-bond acceptors (Lipinski definition) is 1. The van der Waals surface area contributed by atoms with Crippen molar-refractivity contribution in [2.45, 2.75) is 44.6 Å². The molecule has 1 aromatic carbocycles. The number of benzene rings is 1. The predicted octanol–water partition coefficient (Wildman–Crippen LogP) is 3.57. The largest absolute Gasteiger partial charge is 0.385 e. The van der Waals surface area contributed by atoms with Crippen molar-refractivity contribution in [3.05, 3.63) is 41.5 Å². The SMILES string of the molecule is CCCCCC1(O)C=Cc2ccccc2C1. The Morgan fingerprint density at radius 1 is 1.25 bits per heavy atom. The molecular weight excluding hydrogens is 196 g/mol. The topological polar surface area (TPSA) is 20.2 Å². The van der Waals surface area contributed by atoms with Crippen LogP contribution in [0.4, 0.5) is 0 Å². The molecule has 2 rings (SSSR count). The fourth-order valence-corrected chi connectivity index (χ4v) is 2.34. The minimum atomic E-state index is -0.608. The number of rotatable bonds is 4. The third-order valence-electron chi connectivity index (χ3n) is 3.34. The van der Waals surface area contributed by atoms with Crippen LogP contribution in [-0.2, 0) is 6.42 Å². The van der Waals surface area contributed by atoms with Crippen LogP contribution < -0.4 is 0 Å². The first kappa shape index (κ1) is 11.4. The Balaban J connectivity index is 2.06. The van der Waals surface area contributed by atoms with Gasteiger partial charge in [0.15, 0.2) is 0 Å². The summed E-state index contributed by atoms with van der Waals surface area (Å²) in [4.78, 5) is 0. The van der Waals surface area contributed by atoms with Gasteiger partial charge in [0.2, 0.25) is 0 Å². The van der Waals surface area contributed by atoms with Crippen LogP contribution in [0.25, 0.3) is 6.08 Å². The maximum atomic E-state index is 10.5. The predicted molar refractivity (Wildman–Crippen MR) is 68.3 cm³/mol. The Morgan fingerprint density at radius 2 is 2.06 bits per heavy atom. The molecule has 1 nitrogen and oxygen atoms in total. The molecular formula is C15H20O. The van der Waals surface area contributed by atoms with E-state index in [1.54, 1.807) is 0 Å². The van der Waals surface area contributed by atoms with Gasteiger partial charge in [-0.25, -0.2) is 0 Å². The van der Waals surface area contributed by atoms with Gasteiger partial charge in [0.05, 0.1) is 5.60 Å². The fourth-order valence-electron chi connectivity index (χ4n) is 2.34. The normalized spacial score (nSPS) is 23.1. The summed E-state index contributed by atoms with van der Waals surface area (Å²) >= 11 is 0. The third-order valence-corrected chi connectivity index (χ3v) is 3.34. The summed E-state index contributed by atoms with van der Waals surface area (Å²) < 4.78 is 0. The second-order valence-electron chi connectivity index (χ2n) is 4.77. The summed E-state index contributed by atoms with van der Waals surface area (Å²) in [5, 5.41) is 10.5. The van der Waals surface area contributed by atoms with Crippen LogP contribution >= 0.6 is 0 Å². The van der Waals surface area contributed by atoms with Gasteiger partial charge in [0.1, 0.15) is 0 Å². The zero-order chi connectivity index (χ0) is 11.4. The Kier molecular flexibility index (Phi) is 3.45. The van der Waals surface area contributed by atoms with E-state index in [1.807, 2.05) is 18.2 Å². The number of aliphatic hydroxyl groups is 1. The molecule has 1 aromatic rings. The molecule has 0 heterocycles. The van der Waals surface area contributed by atoms with Crippen molar-refractivity contribution in [2.24, 2.45) is 0 Å². The first-order valence-electron chi connectivity index (χ1n) is 6.23. The van der Waals surface area contributed by atoms with Gasteiger partial charge in [-0.3, -0.25) is 0 Å². The average Bonchev–Trinajstić information content (AvgIpc) is 2.29. The Hall–Kier alpha value is -1.08. The van der Waals surface area contributed by atoms with Crippen LogP contribution in [-0.4, -0.2) is 10.7 Å². The van der Waals surface area contributed by atoms with Crippen LogP contribution in [0.1, 0.15) is 43.7 Å². The lowest BCUT2D eigenvalue weighted by Gasteiger charge is -2.29. The van der Waals surface area contributed by atoms with Gasteiger partial charge >= 0.3 is 0 Å². The minimum Gasteiger partial charge on any atom is -0.385 e. The Morgan fingerprint density at radius 3 is 2.88 bits per heavy atom. The van der Waals surface area contributed by atoms with Crippen molar-refractivity contribution in [3.63, 3.8) is 0 Å². The van der Waals surface area contributed by atoms with E-state index in [4.69, 9.17) is 0 Å². The highest BCUT2D eigenvalue weighted by atomic mass is 16.3. The maximum absolute atomic E-state index is 10.5. The van der Waals surface area contributed by atoms with Gasteiger partial charge in [-0.1, -0.05) is 62.6 Å². The quantitative estimate of drug-likeness (QED) is 0.763. The van der Waals surface area contributed by atoms with Gasteiger partial charge in [-0.2, -0.15) is 0 Å². The summed E-state index contributed by atoms with van der Waals surface area (Å²) in [5.41, 5.74) is 1.91. The van der Waals surface area contributed by atoms with Crippen LogP contribution in [0.2, 0.25) is 0 Å². The van der Waals surface area contributed by atoms with Crippen molar-refractivity contribution in [1.29, 1.82) is 0 Å². The first-order valence-corrected chi connectivity index (χ1v) is 6.23. The van der Waals surface area contributed by atoms with Gasteiger partial charge in [0, 0.05) is 6.42 Å². The fraction of sp³-hybridized carbons (Fsp3) is 0.467. The van der Waals surface area contributed by atoms with Crippen LogP contribution in [0, 0.1) is 0 Å². The maximum Gasteiger partial charge on any atom is 0.0871 e. The van der Waals surface area contributed by atoms with E-state index in [9.17, 15) is 5.11 Å². The molecule has 1 atom stereocenters. The zero-order valence-electron chi connectivity index (χ0n) is 9.95. The van der Waals surface area contributed by atoms with Crippen LogP contribution in [0.3, 0.4) is 0 Å². The molecule has 0 radical (unpaired) electrons. The van der Waals surface area contributed by atoms with Crippen molar-refractivity contribution in [2.75, 3.05) is 0 Å². The minimum absolute atomic E-state index is 0.608. The van der Waals surface area contributed by atoms with Crippen molar-refractivity contribution >= 4 is 6.08 Å². The molecule has 16 heavy (non-hydrogen) atoms. The molecule has 0 aromatic heterocycles. The smallest absolute Gasteiger partial charge is 0.0871 e. The standard InChI is InChI=1S/C15H20O/c1-2-3-6-10-15(16)11-9-13-7-4-5-8-14(13)12-15/h4-5,7-9,11,16H,2-3,6,10,12H2,1H3. The van der Waals surface area contributed by atoms with Gasteiger partial charge in [-0.05, 0) is 17.5 Å². The molecule has 0 fully saturated rings. The first-order chi connectivity index (χ1) is 7.73. The van der Waals surface area contributed by atoms with E-state index < -0.39 is 5.60 Å². The highest BCUT2D eigenvalue weighted by molar-refractivity contribution is 5.58. The summed E-state index contributed by atoms with van der Waals surface area (Å²) in [5.74, 6) is 0. The van der Waals surface area contributed by atoms with Gasteiger partial charge in [0.25, 0.3) is 0 Å². The second-order valence-corrected chi connectivity index (χ2v) is 4.77. The Bertz CT molecular complexity index is 381. The molecule has 1 aliphatic rings. The van der Waals surface area contributed by atoms with Gasteiger partial charge in [-0.15, -0.1) is 0 Å². The molecule has 0 saturated carbocycles. The van der Waals surface area contributed by atoms with E-state index >= 15 is 0 Å². The van der Waals surface area contributed by atoms with Crippen LogP contribution in [0.15, 0.2) is 30.3 Å². The van der Waals surface area contributed by atoms with E-state index in [-0.39, 0.29) is 0 Å². The highest BCUT2D eigenvalue weighted by Gasteiger charge is 2.26. The average molecular weight is 216 g/mol.